The molecule has 4 heteroatoms. The molecule has 19 heavy (non-hydrogen) atoms. The second-order valence-corrected chi connectivity index (χ2v) is 6.09. The van der Waals surface area contributed by atoms with Crippen LogP contribution in [0.4, 0.5) is 4.79 Å². The molecule has 2 N–H and O–H groups in total. The highest BCUT2D eigenvalue weighted by Gasteiger charge is 2.48. The van der Waals surface area contributed by atoms with Gasteiger partial charge in [0.15, 0.2) is 0 Å². The van der Waals surface area contributed by atoms with Gasteiger partial charge in [0.2, 0.25) is 0 Å². The van der Waals surface area contributed by atoms with Crippen LogP contribution in [0.5, 0.6) is 0 Å². The van der Waals surface area contributed by atoms with Gasteiger partial charge in [-0.1, -0.05) is 33.6 Å². The maximum atomic E-state index is 11.6. The van der Waals surface area contributed by atoms with Gasteiger partial charge in [0.05, 0.1) is 0 Å². The number of hydrogen-bond acceptors (Lipinski definition) is 2. The summed E-state index contributed by atoms with van der Waals surface area (Å²) in [6.45, 7) is 8.56. The van der Waals surface area contributed by atoms with Crippen LogP contribution in [0.2, 0.25) is 0 Å². The van der Waals surface area contributed by atoms with Gasteiger partial charge in [-0.3, -0.25) is 0 Å². The third-order valence-electron chi connectivity index (χ3n) is 3.65. The highest BCUT2D eigenvalue weighted by Crippen LogP contribution is 2.48. The van der Waals surface area contributed by atoms with E-state index in [0.29, 0.717) is 5.41 Å². The predicted octanol–water partition coefficient (Wildman–Crippen LogP) is 2.78. The summed E-state index contributed by atoms with van der Waals surface area (Å²) in [7, 11) is 5.15. The van der Waals surface area contributed by atoms with Crippen molar-refractivity contribution >= 4 is 6.03 Å². The fraction of sp³-hybridized carbons (Fsp3) is 0.933. The van der Waals surface area contributed by atoms with Crippen LogP contribution in [0.25, 0.3) is 0 Å². The van der Waals surface area contributed by atoms with Crippen molar-refractivity contribution in [2.24, 2.45) is 17.1 Å². The zero-order valence-electron chi connectivity index (χ0n) is 13.7. The van der Waals surface area contributed by atoms with E-state index in [1.807, 2.05) is 19.0 Å². The molecule has 2 amide bonds. The monoisotopic (exact) mass is 271 g/mol. The number of likely N-dealkylation sites (tertiary alicyclic amines) is 1. The first-order valence-electron chi connectivity index (χ1n) is 7.48. The van der Waals surface area contributed by atoms with Crippen molar-refractivity contribution in [2.45, 2.75) is 46.5 Å². The third-order valence-corrected chi connectivity index (χ3v) is 3.65. The molecule has 1 heterocycles. The van der Waals surface area contributed by atoms with Crippen molar-refractivity contribution in [3.63, 3.8) is 0 Å². The van der Waals surface area contributed by atoms with Crippen LogP contribution in [0, 0.1) is 11.3 Å². The Bertz CT molecular complexity index is 260. The van der Waals surface area contributed by atoms with E-state index in [2.05, 4.69) is 26.5 Å². The summed E-state index contributed by atoms with van der Waals surface area (Å²) in [4.78, 5) is 15.2. The lowest BCUT2D eigenvalue weighted by Crippen LogP contribution is -2.59. The zero-order valence-corrected chi connectivity index (χ0v) is 13.7. The fourth-order valence-corrected chi connectivity index (χ4v) is 2.96. The van der Waals surface area contributed by atoms with E-state index >= 15 is 0 Å². The molecule has 0 bridgehead atoms. The van der Waals surface area contributed by atoms with Gasteiger partial charge in [-0.25, -0.2) is 4.79 Å². The number of carbonyl (C=O) groups excluding carboxylic acids is 1. The Balaban J connectivity index is 0.000000573. The van der Waals surface area contributed by atoms with E-state index in [9.17, 15) is 4.79 Å². The lowest BCUT2D eigenvalue weighted by atomic mass is 9.78. The lowest BCUT2D eigenvalue weighted by Gasteiger charge is -2.49. The minimum absolute atomic E-state index is 0.176. The molecule has 1 spiro atoms. The van der Waals surface area contributed by atoms with Crippen LogP contribution in [0.1, 0.15) is 46.5 Å². The number of nitrogens with two attached hydrogens (primary N) is 1. The predicted molar refractivity (Wildman–Crippen MR) is 82.2 cm³/mol. The Hall–Kier alpha value is -0.770. The number of amides is 2. The smallest absolute Gasteiger partial charge is 0.319 e. The second-order valence-electron chi connectivity index (χ2n) is 6.09. The van der Waals surface area contributed by atoms with Crippen molar-refractivity contribution in [3.05, 3.63) is 0 Å². The molecular weight excluding hydrogens is 238 g/mol. The summed E-state index contributed by atoms with van der Waals surface area (Å²) in [5, 5.41) is 0. The fourth-order valence-electron chi connectivity index (χ4n) is 2.96. The maximum absolute atomic E-state index is 11.6. The van der Waals surface area contributed by atoms with E-state index in [1.54, 1.807) is 4.90 Å². The van der Waals surface area contributed by atoms with Gasteiger partial charge in [0.25, 0.3) is 0 Å². The molecule has 0 aromatic rings. The second kappa shape index (κ2) is 8.41. The molecule has 114 valence electrons. The van der Waals surface area contributed by atoms with Crippen LogP contribution in [0.15, 0.2) is 0 Å². The van der Waals surface area contributed by atoms with Gasteiger partial charge in [0, 0.05) is 32.6 Å². The SMILES string of the molecule is CC1CCC2(C1)CN(C(=O)N(C)C)C2.CCC.CN. The summed E-state index contributed by atoms with van der Waals surface area (Å²) in [5.74, 6) is 0.867. The average molecular weight is 271 g/mol. The molecule has 4 nitrogen and oxygen atoms in total. The summed E-state index contributed by atoms with van der Waals surface area (Å²) in [5.41, 5.74) is 5.01. The van der Waals surface area contributed by atoms with Crippen LogP contribution in [-0.2, 0) is 0 Å². The molecule has 1 aliphatic heterocycles. The Labute approximate surface area is 119 Å². The molecule has 0 aromatic heterocycles. The third kappa shape index (κ3) is 5.01. The topological polar surface area (TPSA) is 49.6 Å². The average Bonchev–Trinajstić information content (AvgIpc) is 2.72. The lowest BCUT2D eigenvalue weighted by molar-refractivity contribution is 0.0243. The van der Waals surface area contributed by atoms with E-state index in [1.165, 1.54) is 32.7 Å². The van der Waals surface area contributed by atoms with Gasteiger partial charge >= 0.3 is 6.03 Å². The van der Waals surface area contributed by atoms with Crippen molar-refractivity contribution in [1.82, 2.24) is 9.80 Å². The highest BCUT2D eigenvalue weighted by molar-refractivity contribution is 5.75. The number of rotatable bonds is 0. The number of carbonyl (C=O) groups is 1. The Kier molecular flexibility index (Phi) is 8.07. The van der Waals surface area contributed by atoms with E-state index in [0.717, 1.165) is 19.0 Å². The first kappa shape index (κ1) is 18.2. The van der Waals surface area contributed by atoms with Crippen LogP contribution in [-0.4, -0.2) is 50.1 Å². The van der Waals surface area contributed by atoms with Crippen molar-refractivity contribution in [1.29, 1.82) is 0 Å². The molecule has 0 radical (unpaired) electrons. The molecule has 1 unspecified atom stereocenters. The normalized spacial score (nSPS) is 22.7. The van der Waals surface area contributed by atoms with Crippen LogP contribution < -0.4 is 5.73 Å². The number of hydrogen-bond donors (Lipinski definition) is 1. The highest BCUT2D eigenvalue weighted by atomic mass is 16.2. The number of urea groups is 1. The van der Waals surface area contributed by atoms with Crippen LogP contribution in [0.3, 0.4) is 0 Å². The first-order valence-corrected chi connectivity index (χ1v) is 7.48. The molecule has 2 rings (SSSR count). The minimum atomic E-state index is 0.176. The van der Waals surface area contributed by atoms with Gasteiger partial charge in [0.1, 0.15) is 0 Å². The maximum Gasteiger partial charge on any atom is 0.319 e. The molecule has 1 atom stereocenters. The van der Waals surface area contributed by atoms with Gasteiger partial charge in [-0.15, -0.1) is 0 Å². The summed E-state index contributed by atoms with van der Waals surface area (Å²) < 4.78 is 0. The molecular formula is C15H33N3O. The van der Waals surface area contributed by atoms with Gasteiger partial charge < -0.3 is 15.5 Å². The molecule has 1 saturated heterocycles. The first-order chi connectivity index (χ1) is 8.94. The van der Waals surface area contributed by atoms with Gasteiger partial charge in [-0.2, -0.15) is 0 Å². The molecule has 0 aromatic carbocycles. The van der Waals surface area contributed by atoms with E-state index < -0.39 is 0 Å². The summed E-state index contributed by atoms with van der Waals surface area (Å²) >= 11 is 0. The number of nitrogens with zero attached hydrogens (tertiary/aromatic N) is 2. The largest absolute Gasteiger partial charge is 0.333 e. The van der Waals surface area contributed by atoms with Crippen molar-refractivity contribution in [3.8, 4) is 0 Å². The Morgan fingerprint density at radius 2 is 1.79 bits per heavy atom. The Morgan fingerprint density at radius 1 is 1.32 bits per heavy atom. The zero-order chi connectivity index (χ0) is 15.1. The molecule has 1 saturated carbocycles. The van der Waals surface area contributed by atoms with E-state index in [-0.39, 0.29) is 6.03 Å². The summed E-state index contributed by atoms with van der Waals surface area (Å²) in [6, 6.07) is 0.176. The van der Waals surface area contributed by atoms with Crippen LogP contribution >= 0.6 is 0 Å². The van der Waals surface area contributed by atoms with Crippen molar-refractivity contribution < 1.29 is 4.79 Å². The molecule has 1 aliphatic carbocycles. The minimum Gasteiger partial charge on any atom is -0.333 e. The van der Waals surface area contributed by atoms with Gasteiger partial charge in [-0.05, 0) is 25.8 Å². The molecule has 2 aliphatic rings. The quantitative estimate of drug-likeness (QED) is 0.736. The standard InChI is InChI=1S/C11H20N2O.C3H8.CH5N/c1-9-4-5-11(6-9)7-13(8-11)10(14)12(2)3;1-3-2;1-2/h9H,4-8H2,1-3H3;3H2,1-2H3;2H2,1H3. The summed E-state index contributed by atoms with van der Waals surface area (Å²) in [6.07, 6.45) is 5.25. The van der Waals surface area contributed by atoms with Crippen molar-refractivity contribution in [2.75, 3.05) is 34.2 Å². The Morgan fingerprint density at radius 3 is 2.11 bits per heavy atom. The van der Waals surface area contributed by atoms with E-state index in [4.69, 9.17) is 0 Å². The molecule has 2 fully saturated rings.